The Morgan fingerprint density at radius 1 is 1.38 bits per heavy atom. The predicted octanol–water partition coefficient (Wildman–Crippen LogP) is 1.84. The molecule has 2 aliphatic rings. The van der Waals surface area contributed by atoms with Crippen LogP contribution >= 0.6 is 0 Å². The lowest BCUT2D eigenvalue weighted by Crippen LogP contribution is -2.34. The van der Waals surface area contributed by atoms with E-state index in [0.717, 1.165) is 38.8 Å². The summed E-state index contributed by atoms with van der Waals surface area (Å²) in [6.45, 7) is 6.60. The van der Waals surface area contributed by atoms with E-state index in [4.69, 9.17) is 0 Å². The Hall–Kier alpha value is -0.370. The van der Waals surface area contributed by atoms with Crippen LogP contribution in [0.1, 0.15) is 39.5 Å². The summed E-state index contributed by atoms with van der Waals surface area (Å²) in [5.74, 6) is 0.538. The van der Waals surface area contributed by atoms with E-state index in [1.165, 1.54) is 0 Å². The van der Waals surface area contributed by atoms with Crippen LogP contribution in [0.25, 0.3) is 0 Å². The fourth-order valence-electron chi connectivity index (χ4n) is 2.77. The van der Waals surface area contributed by atoms with Crippen LogP contribution in [0.15, 0.2) is 0 Å². The number of ketones is 1. The molecule has 13 heavy (non-hydrogen) atoms. The van der Waals surface area contributed by atoms with Crippen LogP contribution in [0.3, 0.4) is 0 Å². The van der Waals surface area contributed by atoms with E-state index in [-0.39, 0.29) is 5.41 Å². The number of hydrogen-bond acceptors (Lipinski definition) is 2. The third-order valence-corrected chi connectivity index (χ3v) is 3.76. The smallest absolute Gasteiger partial charge is 0.140 e. The molecule has 1 saturated carbocycles. The second-order valence-corrected chi connectivity index (χ2v) is 4.87. The van der Waals surface area contributed by atoms with Crippen molar-refractivity contribution in [1.82, 2.24) is 4.90 Å². The molecule has 0 amide bonds. The maximum Gasteiger partial charge on any atom is 0.140 e. The van der Waals surface area contributed by atoms with Crippen LogP contribution in [0.2, 0.25) is 0 Å². The minimum atomic E-state index is 0.0876. The number of rotatable bonds is 1. The molecule has 2 nitrogen and oxygen atoms in total. The molecule has 1 heterocycles. The zero-order chi connectivity index (χ0) is 9.47. The van der Waals surface area contributed by atoms with Gasteiger partial charge in [0.15, 0.2) is 0 Å². The van der Waals surface area contributed by atoms with Crippen molar-refractivity contribution < 1.29 is 4.79 Å². The van der Waals surface area contributed by atoms with E-state index in [0.29, 0.717) is 11.8 Å². The lowest BCUT2D eigenvalue weighted by molar-refractivity contribution is -0.125. The highest BCUT2D eigenvalue weighted by molar-refractivity contribution is 5.87. The Kier molecular flexibility index (Phi) is 2.18. The monoisotopic (exact) mass is 181 g/mol. The number of Topliss-reactive ketones (excluding diaryl/α,β-unsaturated/α-hetero) is 1. The Morgan fingerprint density at radius 3 is 2.62 bits per heavy atom. The molecule has 0 radical (unpaired) electrons. The standard InChI is InChI=1S/C11H19NO/c1-9(2)12-7-6-11(8-12)5-3-4-10(11)13/h9H,3-8H2,1-2H3. The molecular formula is C11H19NO. The second-order valence-electron chi connectivity index (χ2n) is 4.87. The lowest BCUT2D eigenvalue weighted by atomic mass is 9.84. The van der Waals surface area contributed by atoms with Gasteiger partial charge in [-0.1, -0.05) is 0 Å². The molecule has 0 N–H and O–H groups in total. The average Bonchev–Trinajstić information content (AvgIpc) is 2.63. The van der Waals surface area contributed by atoms with Crippen LogP contribution in [0.4, 0.5) is 0 Å². The maximum atomic E-state index is 11.7. The van der Waals surface area contributed by atoms with Crippen molar-refractivity contribution in [2.75, 3.05) is 13.1 Å². The SMILES string of the molecule is CC(C)N1CCC2(CCCC2=O)C1. The fourth-order valence-corrected chi connectivity index (χ4v) is 2.77. The average molecular weight is 181 g/mol. The van der Waals surface area contributed by atoms with Crippen molar-refractivity contribution in [3.05, 3.63) is 0 Å². The molecule has 1 saturated heterocycles. The van der Waals surface area contributed by atoms with Gasteiger partial charge in [-0.3, -0.25) is 9.69 Å². The van der Waals surface area contributed by atoms with Crippen LogP contribution in [-0.2, 0) is 4.79 Å². The van der Waals surface area contributed by atoms with Gasteiger partial charge in [-0.15, -0.1) is 0 Å². The number of carbonyl (C=O) groups excluding carboxylic acids is 1. The molecule has 2 rings (SSSR count). The lowest BCUT2D eigenvalue weighted by Gasteiger charge is -2.24. The molecule has 1 spiro atoms. The highest BCUT2D eigenvalue weighted by atomic mass is 16.1. The number of carbonyl (C=O) groups is 1. The molecule has 1 aliphatic carbocycles. The molecule has 1 aliphatic heterocycles. The normalized spacial score (nSPS) is 35.5. The van der Waals surface area contributed by atoms with Gasteiger partial charge in [0.1, 0.15) is 5.78 Å². The second kappa shape index (κ2) is 3.09. The van der Waals surface area contributed by atoms with Gasteiger partial charge in [0.05, 0.1) is 0 Å². The van der Waals surface area contributed by atoms with Crippen LogP contribution in [0, 0.1) is 5.41 Å². The predicted molar refractivity (Wildman–Crippen MR) is 52.6 cm³/mol. The van der Waals surface area contributed by atoms with Gasteiger partial charge >= 0.3 is 0 Å². The van der Waals surface area contributed by atoms with E-state index in [9.17, 15) is 4.79 Å². The minimum Gasteiger partial charge on any atom is -0.300 e. The van der Waals surface area contributed by atoms with Crippen molar-refractivity contribution in [2.24, 2.45) is 5.41 Å². The summed E-state index contributed by atoms with van der Waals surface area (Å²) in [4.78, 5) is 14.2. The molecule has 0 bridgehead atoms. The minimum absolute atomic E-state index is 0.0876. The zero-order valence-corrected chi connectivity index (χ0v) is 8.68. The summed E-state index contributed by atoms with van der Waals surface area (Å²) in [6, 6.07) is 0.604. The fraction of sp³-hybridized carbons (Fsp3) is 0.909. The van der Waals surface area contributed by atoms with E-state index < -0.39 is 0 Å². The number of nitrogens with zero attached hydrogens (tertiary/aromatic N) is 1. The summed E-state index contributed by atoms with van der Waals surface area (Å²) in [7, 11) is 0. The van der Waals surface area contributed by atoms with Gasteiger partial charge in [-0.2, -0.15) is 0 Å². The van der Waals surface area contributed by atoms with E-state index in [1.54, 1.807) is 0 Å². The molecule has 0 aromatic heterocycles. The van der Waals surface area contributed by atoms with Gasteiger partial charge in [0.2, 0.25) is 0 Å². The molecule has 1 atom stereocenters. The Bertz CT molecular complexity index is 224. The molecule has 0 aromatic rings. The number of likely N-dealkylation sites (tertiary alicyclic amines) is 1. The topological polar surface area (TPSA) is 20.3 Å². The van der Waals surface area contributed by atoms with E-state index in [2.05, 4.69) is 18.7 Å². The van der Waals surface area contributed by atoms with Crippen LogP contribution in [-0.4, -0.2) is 29.8 Å². The molecular weight excluding hydrogens is 162 g/mol. The van der Waals surface area contributed by atoms with Gasteiger partial charge in [0.25, 0.3) is 0 Å². The summed E-state index contributed by atoms with van der Waals surface area (Å²) in [5.41, 5.74) is 0.0876. The molecule has 2 heteroatoms. The quantitative estimate of drug-likeness (QED) is 0.615. The first-order valence-electron chi connectivity index (χ1n) is 5.41. The third kappa shape index (κ3) is 1.41. The summed E-state index contributed by atoms with van der Waals surface area (Å²) < 4.78 is 0. The first-order valence-corrected chi connectivity index (χ1v) is 5.41. The van der Waals surface area contributed by atoms with Crippen molar-refractivity contribution in [3.63, 3.8) is 0 Å². The highest BCUT2D eigenvalue weighted by Crippen LogP contribution is 2.43. The Balaban J connectivity index is 2.07. The molecule has 1 unspecified atom stereocenters. The van der Waals surface area contributed by atoms with Crippen molar-refractivity contribution in [1.29, 1.82) is 0 Å². The van der Waals surface area contributed by atoms with Crippen LogP contribution in [0.5, 0.6) is 0 Å². The largest absolute Gasteiger partial charge is 0.300 e. The van der Waals surface area contributed by atoms with Gasteiger partial charge in [-0.25, -0.2) is 0 Å². The summed E-state index contributed by atoms with van der Waals surface area (Å²) in [5, 5.41) is 0. The molecule has 2 fully saturated rings. The summed E-state index contributed by atoms with van der Waals surface area (Å²) >= 11 is 0. The van der Waals surface area contributed by atoms with E-state index >= 15 is 0 Å². The Morgan fingerprint density at radius 2 is 2.15 bits per heavy atom. The van der Waals surface area contributed by atoms with E-state index in [1.807, 2.05) is 0 Å². The first-order chi connectivity index (χ1) is 6.14. The Labute approximate surface area is 80.3 Å². The summed E-state index contributed by atoms with van der Waals surface area (Å²) in [6.07, 6.45) is 4.23. The van der Waals surface area contributed by atoms with Gasteiger partial charge in [0, 0.05) is 24.4 Å². The zero-order valence-electron chi connectivity index (χ0n) is 8.68. The first kappa shape index (κ1) is 9.20. The van der Waals surface area contributed by atoms with Gasteiger partial charge < -0.3 is 0 Å². The van der Waals surface area contributed by atoms with Gasteiger partial charge in [-0.05, 0) is 39.7 Å². The van der Waals surface area contributed by atoms with Crippen molar-refractivity contribution >= 4 is 5.78 Å². The van der Waals surface area contributed by atoms with Crippen LogP contribution < -0.4 is 0 Å². The highest BCUT2D eigenvalue weighted by Gasteiger charge is 2.46. The number of hydrogen-bond donors (Lipinski definition) is 0. The molecule has 0 aromatic carbocycles. The third-order valence-electron chi connectivity index (χ3n) is 3.76. The van der Waals surface area contributed by atoms with Crippen molar-refractivity contribution in [3.8, 4) is 0 Å². The maximum absolute atomic E-state index is 11.7. The van der Waals surface area contributed by atoms with Crippen molar-refractivity contribution in [2.45, 2.75) is 45.6 Å². The molecule has 74 valence electrons.